The van der Waals surface area contributed by atoms with Gasteiger partial charge >= 0.3 is 0 Å². The predicted molar refractivity (Wildman–Crippen MR) is 139 cm³/mol. The number of oxazole rings is 1. The molecule has 0 atom stereocenters. The molecule has 0 saturated carbocycles. The summed E-state index contributed by atoms with van der Waals surface area (Å²) in [5.74, 6) is 2.57. The molecule has 0 bridgehead atoms. The zero-order chi connectivity index (χ0) is 24.9. The molecule has 3 rings (SSSR count). The highest BCUT2D eigenvalue weighted by atomic mass is 32.2. The van der Waals surface area contributed by atoms with Crippen molar-refractivity contribution in [3.05, 3.63) is 29.1 Å². The first-order chi connectivity index (χ1) is 15.9. The number of carbonyl (C=O) groups is 2. The largest absolute Gasteiger partial charge is 0.444 e. The minimum atomic E-state index is -2.09. The van der Waals surface area contributed by atoms with E-state index in [1.165, 1.54) is 0 Å². The van der Waals surface area contributed by atoms with Gasteiger partial charge in [0.25, 0.3) is 0 Å². The molecule has 1 fully saturated rings. The van der Waals surface area contributed by atoms with Gasteiger partial charge in [0, 0.05) is 30.8 Å². The van der Waals surface area contributed by atoms with Gasteiger partial charge < -0.3 is 14.1 Å². The highest BCUT2D eigenvalue weighted by Crippen LogP contribution is 2.31. The van der Waals surface area contributed by atoms with Gasteiger partial charge in [-0.15, -0.1) is 23.1 Å². The molecule has 0 aromatic carbocycles. The SMILES string of the molecule is CC(C)(C)c1cnc(CSc2cnc(CC(=O)C3CCN(C(=O)CCC[Si](C)(C)O)CC3)s2)o1. The Balaban J connectivity index is 1.40. The molecule has 1 N–H and O–H groups in total. The van der Waals surface area contributed by atoms with Gasteiger partial charge in [-0.25, -0.2) is 9.97 Å². The topological polar surface area (TPSA) is 96.5 Å². The van der Waals surface area contributed by atoms with E-state index in [-0.39, 0.29) is 23.0 Å². The lowest BCUT2D eigenvalue weighted by Crippen LogP contribution is -2.40. The van der Waals surface area contributed by atoms with Crippen molar-refractivity contribution in [2.24, 2.45) is 5.92 Å². The van der Waals surface area contributed by atoms with Gasteiger partial charge in [0.15, 0.2) is 8.32 Å². The van der Waals surface area contributed by atoms with Gasteiger partial charge in [-0.2, -0.15) is 0 Å². The van der Waals surface area contributed by atoms with Crippen molar-refractivity contribution >= 4 is 43.1 Å². The molecule has 1 amide bonds. The molecule has 7 nitrogen and oxygen atoms in total. The minimum absolute atomic E-state index is 0.00373. The van der Waals surface area contributed by atoms with E-state index in [2.05, 4.69) is 30.7 Å². The number of carbonyl (C=O) groups excluding carboxylic acids is 2. The fourth-order valence-corrected chi connectivity index (χ4v) is 6.80. The van der Waals surface area contributed by atoms with Gasteiger partial charge in [-0.05, 0) is 38.4 Å². The zero-order valence-electron chi connectivity index (χ0n) is 20.9. The lowest BCUT2D eigenvalue weighted by molar-refractivity contribution is -0.135. The number of thiazole rings is 1. The lowest BCUT2D eigenvalue weighted by atomic mass is 9.91. The molecule has 0 radical (unpaired) electrons. The zero-order valence-corrected chi connectivity index (χ0v) is 23.6. The van der Waals surface area contributed by atoms with Crippen LogP contribution >= 0.6 is 23.1 Å². The maximum atomic E-state index is 12.8. The van der Waals surface area contributed by atoms with Crippen LogP contribution in [0.25, 0.3) is 0 Å². The fourth-order valence-electron chi connectivity index (χ4n) is 3.87. The Morgan fingerprint density at radius 3 is 2.56 bits per heavy atom. The fraction of sp³-hybridized carbons (Fsp3) is 0.667. The third kappa shape index (κ3) is 8.32. The first kappa shape index (κ1) is 27.1. The molecule has 188 valence electrons. The van der Waals surface area contributed by atoms with E-state index in [1.54, 1.807) is 29.3 Å². The highest BCUT2D eigenvalue weighted by molar-refractivity contribution is 8.00. The van der Waals surface area contributed by atoms with E-state index in [4.69, 9.17) is 4.42 Å². The van der Waals surface area contributed by atoms with Crippen molar-refractivity contribution in [3.8, 4) is 0 Å². The van der Waals surface area contributed by atoms with Gasteiger partial charge in [-0.1, -0.05) is 20.8 Å². The Kier molecular flexibility index (Phi) is 9.16. The summed E-state index contributed by atoms with van der Waals surface area (Å²) in [5.41, 5.74) is -0.0596. The average Bonchev–Trinajstić information content (AvgIpc) is 3.40. The first-order valence-corrected chi connectivity index (χ1v) is 16.9. The number of piperidine rings is 1. The van der Waals surface area contributed by atoms with Crippen LogP contribution in [0, 0.1) is 5.92 Å². The van der Waals surface area contributed by atoms with Gasteiger partial charge in [0.05, 0.1) is 28.8 Å². The number of thioether (sulfide) groups is 1. The highest BCUT2D eigenvalue weighted by Gasteiger charge is 2.28. The van der Waals surface area contributed by atoms with Crippen LogP contribution in [-0.4, -0.2) is 52.8 Å². The summed E-state index contributed by atoms with van der Waals surface area (Å²) in [6, 6.07) is 0.748. The number of amides is 1. The van der Waals surface area contributed by atoms with Gasteiger partial charge in [0.1, 0.15) is 16.6 Å². The normalized spacial score (nSPS) is 15.6. The minimum Gasteiger partial charge on any atom is -0.444 e. The van der Waals surface area contributed by atoms with E-state index in [1.807, 2.05) is 24.2 Å². The Morgan fingerprint density at radius 2 is 1.94 bits per heavy atom. The van der Waals surface area contributed by atoms with Crippen LogP contribution in [0.4, 0.5) is 0 Å². The number of aromatic nitrogens is 2. The lowest BCUT2D eigenvalue weighted by Gasteiger charge is -2.31. The third-order valence-electron chi connectivity index (χ3n) is 5.97. The Bertz CT molecular complexity index is 970. The molecule has 1 aliphatic heterocycles. The number of hydrogen-bond donors (Lipinski definition) is 1. The number of rotatable bonds is 10. The van der Waals surface area contributed by atoms with Gasteiger partial charge in [0.2, 0.25) is 11.8 Å². The molecule has 2 aromatic heterocycles. The summed E-state index contributed by atoms with van der Waals surface area (Å²) >= 11 is 3.18. The van der Waals surface area contributed by atoms with Crippen molar-refractivity contribution in [2.45, 2.75) is 87.4 Å². The molecule has 0 spiro atoms. The van der Waals surface area contributed by atoms with Crippen LogP contribution in [0.3, 0.4) is 0 Å². The number of ketones is 1. The van der Waals surface area contributed by atoms with Crippen LogP contribution in [-0.2, 0) is 27.2 Å². The third-order valence-corrected chi connectivity index (χ3v) is 9.72. The quantitative estimate of drug-likeness (QED) is 0.344. The first-order valence-electron chi connectivity index (χ1n) is 12.0. The summed E-state index contributed by atoms with van der Waals surface area (Å²) in [7, 11) is -2.09. The molecule has 3 heterocycles. The van der Waals surface area contributed by atoms with Crippen molar-refractivity contribution in [1.29, 1.82) is 0 Å². The summed E-state index contributed by atoms with van der Waals surface area (Å²) in [5, 5.41) is 0.838. The second-order valence-corrected chi connectivity index (χ2v) is 17.2. The molecule has 10 heteroatoms. The monoisotopic (exact) mass is 523 g/mol. The summed E-state index contributed by atoms with van der Waals surface area (Å²) < 4.78 is 6.89. The maximum Gasteiger partial charge on any atom is 0.222 e. The standard InChI is InChI=1S/C24H37N3O4S2Si/c1-24(2,3)19-14-25-20(31-19)16-32-23-15-26-21(33-23)13-18(28)17-8-10-27(11-9-17)22(29)7-6-12-34(4,5)30/h14-15,17,30H,6-13,16H2,1-5H3. The second kappa shape index (κ2) is 11.5. The average molecular weight is 524 g/mol. The summed E-state index contributed by atoms with van der Waals surface area (Å²) in [6.45, 7) is 11.4. The summed E-state index contributed by atoms with van der Waals surface area (Å²) in [6.07, 6.45) is 6.64. The number of Topliss-reactive ketones (excluding diaryl/α,β-unsaturated/α-hetero) is 1. The predicted octanol–water partition coefficient (Wildman–Crippen LogP) is 5.05. The maximum absolute atomic E-state index is 12.8. The Labute approximate surface area is 211 Å². The van der Waals surface area contributed by atoms with Crippen LogP contribution in [0.2, 0.25) is 19.1 Å². The van der Waals surface area contributed by atoms with Crippen molar-refractivity contribution in [1.82, 2.24) is 14.9 Å². The van der Waals surface area contributed by atoms with Crippen LogP contribution in [0.5, 0.6) is 0 Å². The Hall–Kier alpha value is -1.49. The van der Waals surface area contributed by atoms with Crippen molar-refractivity contribution in [3.63, 3.8) is 0 Å². The Morgan fingerprint density at radius 1 is 1.24 bits per heavy atom. The molecular weight excluding hydrogens is 487 g/mol. The molecular formula is C24H37N3O4S2Si. The molecule has 0 aliphatic carbocycles. The number of hydrogen-bond acceptors (Lipinski definition) is 8. The summed E-state index contributed by atoms with van der Waals surface area (Å²) in [4.78, 5) is 45.9. The number of likely N-dealkylation sites (tertiary alicyclic amines) is 1. The van der Waals surface area contributed by atoms with Crippen molar-refractivity contribution in [2.75, 3.05) is 13.1 Å². The molecule has 0 unspecified atom stereocenters. The van der Waals surface area contributed by atoms with E-state index in [0.717, 1.165) is 40.3 Å². The van der Waals surface area contributed by atoms with Crippen LogP contribution in [0.1, 0.15) is 63.1 Å². The molecule has 1 saturated heterocycles. The van der Waals surface area contributed by atoms with E-state index in [9.17, 15) is 14.4 Å². The van der Waals surface area contributed by atoms with E-state index < -0.39 is 8.32 Å². The van der Waals surface area contributed by atoms with Crippen LogP contribution in [0.15, 0.2) is 21.0 Å². The van der Waals surface area contributed by atoms with Crippen LogP contribution < -0.4 is 0 Å². The molecule has 1 aliphatic rings. The smallest absolute Gasteiger partial charge is 0.222 e. The molecule has 2 aromatic rings. The second-order valence-electron chi connectivity index (χ2n) is 10.7. The number of nitrogens with zero attached hydrogens (tertiary/aromatic N) is 3. The van der Waals surface area contributed by atoms with Gasteiger partial charge in [-0.3, -0.25) is 9.59 Å². The van der Waals surface area contributed by atoms with Crippen molar-refractivity contribution < 1.29 is 18.8 Å². The van der Waals surface area contributed by atoms with E-state index >= 15 is 0 Å². The molecule has 34 heavy (non-hydrogen) atoms. The van der Waals surface area contributed by atoms with E-state index in [0.29, 0.717) is 37.6 Å².